The zero-order chi connectivity index (χ0) is 19.0. The van der Waals surface area contributed by atoms with Gasteiger partial charge in [-0.1, -0.05) is 104 Å². The minimum Gasteiger partial charge on any atom is -0.376 e. The zero-order valence-corrected chi connectivity index (χ0v) is 18.7. The maximum absolute atomic E-state index is 5.76. The third kappa shape index (κ3) is 24.0. The Balaban J connectivity index is 3.08. The third-order valence-corrected chi connectivity index (χ3v) is 4.86. The molecule has 0 aromatic heterocycles. The van der Waals surface area contributed by atoms with Gasteiger partial charge in [0, 0.05) is 6.61 Å². The maximum atomic E-state index is 5.76. The van der Waals surface area contributed by atoms with Crippen LogP contribution in [0.15, 0.2) is 0 Å². The van der Waals surface area contributed by atoms with Crippen LogP contribution in [0.3, 0.4) is 0 Å². The summed E-state index contributed by atoms with van der Waals surface area (Å²) >= 11 is 0. The lowest BCUT2D eigenvalue weighted by molar-refractivity contribution is -0.00475. The SMILES string of the molecule is CC(C)(C)CCCCCCCCCCCCCCCCOC(C)(C)C. The lowest BCUT2D eigenvalue weighted by atomic mass is 9.89. The fourth-order valence-electron chi connectivity index (χ4n) is 3.26. The Morgan fingerprint density at radius 1 is 0.440 bits per heavy atom. The molecule has 0 N–H and O–H groups in total. The van der Waals surface area contributed by atoms with Gasteiger partial charge < -0.3 is 4.74 Å². The van der Waals surface area contributed by atoms with Gasteiger partial charge >= 0.3 is 0 Å². The van der Waals surface area contributed by atoms with Gasteiger partial charge in [-0.3, -0.25) is 0 Å². The highest BCUT2D eigenvalue weighted by Gasteiger charge is 2.09. The molecule has 0 saturated heterocycles. The second-order valence-electron chi connectivity index (χ2n) is 10.2. The average Bonchev–Trinajstić information content (AvgIpc) is 2.48. The highest BCUT2D eigenvalue weighted by atomic mass is 16.5. The van der Waals surface area contributed by atoms with Gasteiger partial charge in [-0.15, -0.1) is 0 Å². The van der Waals surface area contributed by atoms with Crippen molar-refractivity contribution in [1.29, 1.82) is 0 Å². The predicted octanol–water partition coefficient (Wildman–Crippen LogP) is 8.70. The Morgan fingerprint density at radius 2 is 0.760 bits per heavy atom. The second kappa shape index (κ2) is 15.1. The quantitative estimate of drug-likeness (QED) is 0.252. The Kier molecular flexibility index (Phi) is 15.0. The van der Waals surface area contributed by atoms with Crippen molar-refractivity contribution in [1.82, 2.24) is 0 Å². The van der Waals surface area contributed by atoms with E-state index in [1.807, 2.05) is 0 Å². The van der Waals surface area contributed by atoms with Crippen LogP contribution in [0, 0.1) is 5.41 Å². The van der Waals surface area contributed by atoms with Crippen molar-refractivity contribution in [2.75, 3.05) is 6.61 Å². The van der Waals surface area contributed by atoms with E-state index in [9.17, 15) is 0 Å². The zero-order valence-electron chi connectivity index (χ0n) is 18.7. The predicted molar refractivity (Wildman–Crippen MR) is 114 cm³/mol. The molecule has 0 rings (SSSR count). The molecular formula is C24H50O. The molecule has 152 valence electrons. The van der Waals surface area contributed by atoms with Gasteiger partial charge in [0.05, 0.1) is 5.60 Å². The highest BCUT2D eigenvalue weighted by Crippen LogP contribution is 2.22. The Morgan fingerprint density at radius 3 is 1.08 bits per heavy atom. The summed E-state index contributed by atoms with van der Waals surface area (Å²) in [6.45, 7) is 14.4. The van der Waals surface area contributed by atoms with E-state index in [-0.39, 0.29) is 5.60 Å². The Labute approximate surface area is 160 Å². The van der Waals surface area contributed by atoms with E-state index in [4.69, 9.17) is 4.74 Å². The molecule has 0 spiro atoms. The van der Waals surface area contributed by atoms with E-state index in [2.05, 4.69) is 41.5 Å². The van der Waals surface area contributed by atoms with Crippen molar-refractivity contribution in [2.24, 2.45) is 5.41 Å². The van der Waals surface area contributed by atoms with Crippen LogP contribution in [0.5, 0.6) is 0 Å². The summed E-state index contributed by atoms with van der Waals surface area (Å²) in [4.78, 5) is 0. The molecule has 0 heterocycles. The Hall–Kier alpha value is -0.0400. The molecular weight excluding hydrogens is 304 g/mol. The number of hydrogen-bond acceptors (Lipinski definition) is 1. The van der Waals surface area contributed by atoms with Gasteiger partial charge in [-0.05, 0) is 39.0 Å². The Bertz CT molecular complexity index is 241. The van der Waals surface area contributed by atoms with E-state index in [1.165, 1.54) is 96.3 Å². The fourth-order valence-corrected chi connectivity index (χ4v) is 3.26. The summed E-state index contributed by atoms with van der Waals surface area (Å²) < 4.78 is 5.76. The largest absolute Gasteiger partial charge is 0.376 e. The molecule has 0 amide bonds. The van der Waals surface area contributed by atoms with Crippen LogP contribution in [0.2, 0.25) is 0 Å². The second-order valence-corrected chi connectivity index (χ2v) is 10.2. The molecule has 0 aliphatic heterocycles. The van der Waals surface area contributed by atoms with E-state index >= 15 is 0 Å². The number of ether oxygens (including phenoxy) is 1. The molecule has 0 aromatic rings. The molecule has 0 bridgehead atoms. The van der Waals surface area contributed by atoms with Crippen LogP contribution in [0.25, 0.3) is 0 Å². The average molecular weight is 355 g/mol. The molecule has 0 saturated carbocycles. The summed E-state index contributed by atoms with van der Waals surface area (Å²) in [5, 5.41) is 0. The van der Waals surface area contributed by atoms with Crippen molar-refractivity contribution >= 4 is 0 Å². The first-order chi connectivity index (χ1) is 11.7. The summed E-state index contributed by atoms with van der Waals surface area (Å²) in [5.74, 6) is 0. The molecule has 25 heavy (non-hydrogen) atoms. The fraction of sp³-hybridized carbons (Fsp3) is 1.00. The van der Waals surface area contributed by atoms with Crippen LogP contribution in [0.1, 0.15) is 138 Å². The van der Waals surface area contributed by atoms with Crippen LogP contribution in [-0.2, 0) is 4.74 Å². The minimum absolute atomic E-state index is 0.0342. The van der Waals surface area contributed by atoms with Crippen molar-refractivity contribution in [3.05, 3.63) is 0 Å². The lowest BCUT2D eigenvalue weighted by Gasteiger charge is -2.19. The summed E-state index contributed by atoms with van der Waals surface area (Å²) in [7, 11) is 0. The van der Waals surface area contributed by atoms with Gasteiger partial charge in [-0.2, -0.15) is 0 Å². The molecule has 1 heteroatoms. The van der Waals surface area contributed by atoms with Crippen LogP contribution >= 0.6 is 0 Å². The van der Waals surface area contributed by atoms with Gasteiger partial charge in [-0.25, -0.2) is 0 Å². The van der Waals surface area contributed by atoms with Gasteiger partial charge in [0.25, 0.3) is 0 Å². The topological polar surface area (TPSA) is 9.23 Å². The van der Waals surface area contributed by atoms with E-state index in [0.29, 0.717) is 5.41 Å². The lowest BCUT2D eigenvalue weighted by Crippen LogP contribution is -2.19. The summed E-state index contributed by atoms with van der Waals surface area (Å²) in [5.41, 5.74) is 0.562. The normalized spacial score (nSPS) is 12.7. The third-order valence-electron chi connectivity index (χ3n) is 4.86. The van der Waals surface area contributed by atoms with E-state index in [1.54, 1.807) is 0 Å². The number of hydrogen-bond donors (Lipinski definition) is 0. The van der Waals surface area contributed by atoms with Crippen molar-refractivity contribution in [2.45, 2.75) is 143 Å². The number of unbranched alkanes of at least 4 members (excludes halogenated alkanes) is 13. The highest BCUT2D eigenvalue weighted by molar-refractivity contribution is 4.61. The van der Waals surface area contributed by atoms with Crippen molar-refractivity contribution < 1.29 is 4.74 Å². The summed E-state index contributed by atoms with van der Waals surface area (Å²) in [6.07, 6.45) is 21.3. The van der Waals surface area contributed by atoms with Crippen LogP contribution in [-0.4, -0.2) is 12.2 Å². The summed E-state index contributed by atoms with van der Waals surface area (Å²) in [6, 6.07) is 0. The van der Waals surface area contributed by atoms with Crippen molar-refractivity contribution in [3.8, 4) is 0 Å². The molecule has 0 fully saturated rings. The molecule has 0 aliphatic carbocycles. The molecule has 0 unspecified atom stereocenters. The minimum atomic E-state index is 0.0342. The maximum Gasteiger partial charge on any atom is 0.0598 e. The number of rotatable bonds is 16. The molecule has 0 aliphatic rings. The standard InChI is InChI=1S/C24H50O/c1-23(2,3)21-19-17-15-13-11-9-7-8-10-12-14-16-18-20-22-25-24(4,5)6/h7-22H2,1-6H3. The van der Waals surface area contributed by atoms with Crippen molar-refractivity contribution in [3.63, 3.8) is 0 Å². The molecule has 0 atom stereocenters. The van der Waals surface area contributed by atoms with E-state index in [0.717, 1.165) is 6.61 Å². The van der Waals surface area contributed by atoms with Crippen LogP contribution in [0.4, 0.5) is 0 Å². The molecule has 0 aromatic carbocycles. The molecule has 1 nitrogen and oxygen atoms in total. The van der Waals surface area contributed by atoms with Gasteiger partial charge in [0.1, 0.15) is 0 Å². The van der Waals surface area contributed by atoms with E-state index < -0.39 is 0 Å². The first-order valence-corrected chi connectivity index (χ1v) is 11.3. The first-order valence-electron chi connectivity index (χ1n) is 11.3. The smallest absolute Gasteiger partial charge is 0.0598 e. The monoisotopic (exact) mass is 354 g/mol. The van der Waals surface area contributed by atoms with Gasteiger partial charge in [0.15, 0.2) is 0 Å². The van der Waals surface area contributed by atoms with Crippen LogP contribution < -0.4 is 0 Å². The molecule has 0 radical (unpaired) electrons. The van der Waals surface area contributed by atoms with Gasteiger partial charge in [0.2, 0.25) is 0 Å². The first kappa shape index (κ1) is 25.0.